The number of likely N-dealkylation sites (tertiary alicyclic amines) is 1. The lowest BCUT2D eigenvalue weighted by molar-refractivity contribution is 0.0594. The molecule has 26 heavy (non-hydrogen) atoms. The predicted molar refractivity (Wildman–Crippen MR) is 97.8 cm³/mol. The molecule has 0 atom stereocenters. The molecule has 0 saturated carbocycles. The molecule has 0 aliphatic carbocycles. The maximum Gasteiger partial charge on any atom is 0.356 e. The molecule has 6 heteroatoms. The summed E-state index contributed by atoms with van der Waals surface area (Å²) in [4.78, 5) is 30.4. The number of carbonyl (C=O) groups excluding carboxylic acids is 2. The minimum atomic E-state index is -0.547. The van der Waals surface area contributed by atoms with Gasteiger partial charge in [0.15, 0.2) is 0 Å². The highest BCUT2D eigenvalue weighted by atomic mass is 16.5. The van der Waals surface area contributed by atoms with Crippen LogP contribution in [0.15, 0.2) is 48.5 Å². The van der Waals surface area contributed by atoms with Crippen LogP contribution in [0.1, 0.15) is 39.4 Å². The number of esters is 1. The maximum absolute atomic E-state index is 12.4. The number of benzene rings is 1. The molecule has 0 bridgehead atoms. The van der Waals surface area contributed by atoms with E-state index in [2.05, 4.69) is 44.2 Å². The van der Waals surface area contributed by atoms with Gasteiger partial charge in [-0.1, -0.05) is 36.4 Å². The third-order valence-electron chi connectivity index (χ3n) is 4.55. The summed E-state index contributed by atoms with van der Waals surface area (Å²) >= 11 is 0. The molecule has 6 nitrogen and oxygen atoms in total. The van der Waals surface area contributed by atoms with E-state index in [-0.39, 0.29) is 23.3 Å². The molecule has 3 rings (SSSR count). The van der Waals surface area contributed by atoms with Gasteiger partial charge in [0.25, 0.3) is 5.91 Å². The highest BCUT2D eigenvalue weighted by molar-refractivity contribution is 5.94. The average Bonchev–Trinajstić information content (AvgIpc) is 2.69. The molecular weight excluding hydrogens is 330 g/mol. The first-order valence-electron chi connectivity index (χ1n) is 8.78. The zero-order valence-corrected chi connectivity index (χ0v) is 14.9. The van der Waals surface area contributed by atoms with Crippen molar-refractivity contribution >= 4 is 11.9 Å². The summed E-state index contributed by atoms with van der Waals surface area (Å²) in [5, 5.41) is 3.02. The van der Waals surface area contributed by atoms with Gasteiger partial charge in [0.05, 0.1) is 7.11 Å². The lowest BCUT2D eigenvalue weighted by Crippen LogP contribution is -2.44. The first kappa shape index (κ1) is 18.1. The number of pyridine rings is 1. The Hall–Kier alpha value is -2.73. The van der Waals surface area contributed by atoms with Crippen molar-refractivity contribution in [2.75, 3.05) is 20.2 Å². The van der Waals surface area contributed by atoms with Gasteiger partial charge >= 0.3 is 5.97 Å². The van der Waals surface area contributed by atoms with Crippen molar-refractivity contribution in [3.05, 3.63) is 65.5 Å². The maximum atomic E-state index is 12.4. The van der Waals surface area contributed by atoms with Gasteiger partial charge in [-0.25, -0.2) is 9.78 Å². The van der Waals surface area contributed by atoms with E-state index < -0.39 is 5.97 Å². The highest BCUT2D eigenvalue weighted by Gasteiger charge is 2.22. The summed E-state index contributed by atoms with van der Waals surface area (Å²) in [6.07, 6.45) is 1.80. The lowest BCUT2D eigenvalue weighted by Gasteiger charge is -2.32. The monoisotopic (exact) mass is 353 g/mol. The van der Waals surface area contributed by atoms with E-state index in [4.69, 9.17) is 0 Å². The van der Waals surface area contributed by atoms with E-state index >= 15 is 0 Å². The molecule has 1 aliphatic heterocycles. The zero-order chi connectivity index (χ0) is 18.4. The van der Waals surface area contributed by atoms with Gasteiger partial charge in [0.1, 0.15) is 11.4 Å². The second-order valence-corrected chi connectivity index (χ2v) is 6.41. The topological polar surface area (TPSA) is 71.5 Å². The van der Waals surface area contributed by atoms with Gasteiger partial charge in [-0.2, -0.15) is 0 Å². The van der Waals surface area contributed by atoms with Crippen LogP contribution in [0.4, 0.5) is 0 Å². The van der Waals surface area contributed by atoms with Gasteiger partial charge < -0.3 is 10.1 Å². The SMILES string of the molecule is COC(=O)c1cccc(C(=O)NC2CCN(Cc3ccccc3)CC2)n1. The van der Waals surface area contributed by atoms with Gasteiger partial charge in [-0.3, -0.25) is 9.69 Å². The van der Waals surface area contributed by atoms with Gasteiger partial charge in [-0.15, -0.1) is 0 Å². The lowest BCUT2D eigenvalue weighted by atomic mass is 10.0. The second kappa shape index (κ2) is 8.58. The van der Waals surface area contributed by atoms with Crippen molar-refractivity contribution in [3.63, 3.8) is 0 Å². The summed E-state index contributed by atoms with van der Waals surface area (Å²) in [6.45, 7) is 2.81. The van der Waals surface area contributed by atoms with Crippen LogP contribution in [0, 0.1) is 0 Å². The minimum absolute atomic E-state index is 0.123. The Morgan fingerprint density at radius 3 is 2.46 bits per heavy atom. The van der Waals surface area contributed by atoms with Crippen LogP contribution in [0.2, 0.25) is 0 Å². The number of aromatic nitrogens is 1. The number of carbonyl (C=O) groups is 2. The fraction of sp³-hybridized carbons (Fsp3) is 0.350. The highest BCUT2D eigenvalue weighted by Crippen LogP contribution is 2.14. The van der Waals surface area contributed by atoms with Crippen LogP contribution in [0.3, 0.4) is 0 Å². The first-order valence-corrected chi connectivity index (χ1v) is 8.78. The molecule has 1 fully saturated rings. The summed E-state index contributed by atoms with van der Waals surface area (Å²) in [5.41, 5.74) is 1.68. The van der Waals surface area contributed by atoms with E-state index in [1.165, 1.54) is 18.7 Å². The van der Waals surface area contributed by atoms with Crippen molar-refractivity contribution in [3.8, 4) is 0 Å². The molecular formula is C20H23N3O3. The number of nitrogens with zero attached hydrogens (tertiary/aromatic N) is 2. The standard InChI is InChI=1S/C20H23N3O3/c1-26-20(25)18-9-5-8-17(22-18)19(24)21-16-10-12-23(13-11-16)14-15-6-3-2-4-7-15/h2-9,16H,10-14H2,1H3,(H,21,24). The van der Waals surface area contributed by atoms with Gasteiger partial charge in [0, 0.05) is 25.7 Å². The Morgan fingerprint density at radius 2 is 1.77 bits per heavy atom. The number of hydrogen-bond acceptors (Lipinski definition) is 5. The van der Waals surface area contributed by atoms with Crippen molar-refractivity contribution in [1.82, 2.24) is 15.2 Å². The molecule has 1 aliphatic rings. The second-order valence-electron chi connectivity index (χ2n) is 6.41. The van der Waals surface area contributed by atoms with Crippen LogP contribution in [-0.2, 0) is 11.3 Å². The average molecular weight is 353 g/mol. The molecule has 1 saturated heterocycles. The van der Waals surface area contributed by atoms with Crippen LogP contribution < -0.4 is 5.32 Å². The van der Waals surface area contributed by atoms with E-state index in [9.17, 15) is 9.59 Å². The number of nitrogens with one attached hydrogen (secondary N) is 1. The molecule has 2 aromatic rings. The van der Waals surface area contributed by atoms with Gasteiger partial charge in [0.2, 0.25) is 0 Å². The van der Waals surface area contributed by atoms with Crippen molar-refractivity contribution < 1.29 is 14.3 Å². The third kappa shape index (κ3) is 4.67. The van der Waals surface area contributed by atoms with Gasteiger partial charge in [-0.05, 0) is 30.5 Å². The molecule has 0 unspecified atom stereocenters. The quantitative estimate of drug-likeness (QED) is 0.835. The molecule has 0 spiro atoms. The number of ether oxygens (including phenoxy) is 1. The fourth-order valence-electron chi connectivity index (χ4n) is 3.12. The van der Waals surface area contributed by atoms with E-state index in [0.29, 0.717) is 0 Å². The van der Waals surface area contributed by atoms with Crippen molar-refractivity contribution in [2.24, 2.45) is 0 Å². The Balaban J connectivity index is 1.51. The minimum Gasteiger partial charge on any atom is -0.464 e. The molecule has 1 aromatic heterocycles. The third-order valence-corrected chi connectivity index (χ3v) is 4.55. The van der Waals surface area contributed by atoms with E-state index in [1.54, 1.807) is 12.1 Å². The molecule has 1 amide bonds. The zero-order valence-electron chi connectivity index (χ0n) is 14.9. The van der Waals surface area contributed by atoms with E-state index in [0.717, 1.165) is 32.5 Å². The molecule has 1 N–H and O–H groups in total. The summed E-state index contributed by atoms with van der Waals surface area (Å²) in [6, 6.07) is 15.3. The Morgan fingerprint density at radius 1 is 1.08 bits per heavy atom. The fourth-order valence-corrected chi connectivity index (χ4v) is 3.12. The summed E-state index contributed by atoms with van der Waals surface area (Å²) < 4.78 is 4.64. The summed E-state index contributed by atoms with van der Waals surface area (Å²) in [5.74, 6) is -0.800. The van der Waals surface area contributed by atoms with Crippen molar-refractivity contribution in [2.45, 2.75) is 25.4 Å². The van der Waals surface area contributed by atoms with Crippen LogP contribution >= 0.6 is 0 Å². The van der Waals surface area contributed by atoms with Crippen LogP contribution in [-0.4, -0.2) is 48.0 Å². The summed E-state index contributed by atoms with van der Waals surface area (Å²) in [7, 11) is 1.29. The predicted octanol–water partition coefficient (Wildman–Crippen LogP) is 2.26. The van der Waals surface area contributed by atoms with E-state index in [1.807, 2.05) is 6.07 Å². The first-order chi connectivity index (χ1) is 12.7. The molecule has 136 valence electrons. The normalized spacial score (nSPS) is 15.4. The Labute approximate surface area is 153 Å². The Kier molecular flexibility index (Phi) is 5.96. The molecule has 2 heterocycles. The number of amides is 1. The molecule has 0 radical (unpaired) electrons. The number of methoxy groups -OCH3 is 1. The number of piperidine rings is 1. The van der Waals surface area contributed by atoms with Crippen LogP contribution in [0.5, 0.6) is 0 Å². The Bertz CT molecular complexity index is 756. The van der Waals surface area contributed by atoms with Crippen LogP contribution in [0.25, 0.3) is 0 Å². The molecule has 1 aromatic carbocycles. The number of hydrogen-bond donors (Lipinski definition) is 1. The number of rotatable bonds is 5. The smallest absolute Gasteiger partial charge is 0.356 e. The van der Waals surface area contributed by atoms with Crippen molar-refractivity contribution in [1.29, 1.82) is 0 Å². The largest absolute Gasteiger partial charge is 0.464 e.